The maximum Gasteiger partial charge on any atom is 0.0784 e. The number of hydrogen-bond acceptors (Lipinski definition) is 3. The fourth-order valence-corrected chi connectivity index (χ4v) is 0.813. The molecular weight excluding hydrogens is 154 g/mol. The average molecular weight is 175 g/mol. The first-order valence-corrected chi connectivity index (χ1v) is 4.56. The SMILES string of the molecule is CCOCC(C)OC(C)C(C)N. The van der Waals surface area contributed by atoms with Crippen molar-refractivity contribution in [2.75, 3.05) is 13.2 Å². The van der Waals surface area contributed by atoms with Gasteiger partial charge >= 0.3 is 0 Å². The molecule has 0 saturated heterocycles. The summed E-state index contributed by atoms with van der Waals surface area (Å²) in [5.74, 6) is 0. The number of rotatable bonds is 6. The normalized spacial score (nSPS) is 18.8. The lowest BCUT2D eigenvalue weighted by Crippen LogP contribution is -2.35. The zero-order chi connectivity index (χ0) is 9.56. The van der Waals surface area contributed by atoms with Crippen LogP contribution in [0.4, 0.5) is 0 Å². The van der Waals surface area contributed by atoms with Crippen LogP contribution in [-0.2, 0) is 9.47 Å². The summed E-state index contributed by atoms with van der Waals surface area (Å²) >= 11 is 0. The van der Waals surface area contributed by atoms with Gasteiger partial charge in [0.15, 0.2) is 0 Å². The summed E-state index contributed by atoms with van der Waals surface area (Å²) in [7, 11) is 0. The van der Waals surface area contributed by atoms with E-state index in [1.54, 1.807) is 0 Å². The first-order chi connectivity index (χ1) is 5.57. The van der Waals surface area contributed by atoms with Crippen LogP contribution in [0, 0.1) is 0 Å². The van der Waals surface area contributed by atoms with Gasteiger partial charge in [-0.25, -0.2) is 0 Å². The summed E-state index contributed by atoms with van der Waals surface area (Å²) in [5, 5.41) is 0. The first-order valence-electron chi connectivity index (χ1n) is 4.56. The van der Waals surface area contributed by atoms with E-state index in [4.69, 9.17) is 15.2 Å². The Morgan fingerprint density at radius 1 is 1.25 bits per heavy atom. The third kappa shape index (κ3) is 5.52. The Bertz CT molecular complexity index is 107. The fraction of sp³-hybridized carbons (Fsp3) is 1.00. The lowest BCUT2D eigenvalue weighted by Gasteiger charge is -2.21. The summed E-state index contributed by atoms with van der Waals surface area (Å²) in [4.78, 5) is 0. The molecular formula is C9H21NO2. The van der Waals surface area contributed by atoms with Gasteiger partial charge in [0.05, 0.1) is 18.8 Å². The molecule has 0 bridgehead atoms. The molecule has 0 aliphatic rings. The summed E-state index contributed by atoms with van der Waals surface area (Å²) < 4.78 is 10.8. The molecule has 0 aromatic rings. The molecule has 0 aromatic heterocycles. The Balaban J connectivity index is 3.47. The molecule has 0 radical (unpaired) electrons. The van der Waals surface area contributed by atoms with Crippen LogP contribution in [0.5, 0.6) is 0 Å². The van der Waals surface area contributed by atoms with E-state index in [1.165, 1.54) is 0 Å². The quantitative estimate of drug-likeness (QED) is 0.659. The van der Waals surface area contributed by atoms with E-state index < -0.39 is 0 Å². The zero-order valence-corrected chi connectivity index (χ0v) is 8.54. The Hall–Kier alpha value is -0.120. The Morgan fingerprint density at radius 2 is 1.83 bits per heavy atom. The highest BCUT2D eigenvalue weighted by molar-refractivity contribution is 4.64. The molecule has 3 nitrogen and oxygen atoms in total. The minimum atomic E-state index is 0.0778. The zero-order valence-electron chi connectivity index (χ0n) is 8.54. The van der Waals surface area contributed by atoms with E-state index in [0.717, 1.165) is 6.61 Å². The van der Waals surface area contributed by atoms with Crippen LogP contribution in [0.25, 0.3) is 0 Å². The molecule has 3 unspecified atom stereocenters. The van der Waals surface area contributed by atoms with E-state index in [1.807, 2.05) is 27.7 Å². The molecule has 0 aliphatic carbocycles. The van der Waals surface area contributed by atoms with Gasteiger partial charge in [-0.2, -0.15) is 0 Å². The van der Waals surface area contributed by atoms with Crippen molar-refractivity contribution < 1.29 is 9.47 Å². The molecule has 0 amide bonds. The van der Waals surface area contributed by atoms with Gasteiger partial charge in [0.25, 0.3) is 0 Å². The molecule has 0 spiro atoms. The van der Waals surface area contributed by atoms with Gasteiger partial charge in [-0.05, 0) is 27.7 Å². The van der Waals surface area contributed by atoms with Gasteiger partial charge in [-0.15, -0.1) is 0 Å². The van der Waals surface area contributed by atoms with Crippen LogP contribution < -0.4 is 5.73 Å². The van der Waals surface area contributed by atoms with E-state index in [9.17, 15) is 0 Å². The van der Waals surface area contributed by atoms with Crippen LogP contribution in [0.2, 0.25) is 0 Å². The van der Waals surface area contributed by atoms with Gasteiger partial charge in [0, 0.05) is 12.6 Å². The molecule has 0 aromatic carbocycles. The summed E-state index contributed by atoms with van der Waals surface area (Å²) in [6, 6.07) is 0.0778. The number of nitrogens with two attached hydrogens (primary N) is 1. The molecule has 12 heavy (non-hydrogen) atoms. The molecule has 2 N–H and O–H groups in total. The maximum atomic E-state index is 5.65. The van der Waals surface area contributed by atoms with Gasteiger partial charge in [-0.1, -0.05) is 0 Å². The third-order valence-electron chi connectivity index (χ3n) is 1.74. The summed E-state index contributed by atoms with van der Waals surface area (Å²) in [6.07, 6.45) is 0.228. The van der Waals surface area contributed by atoms with E-state index in [-0.39, 0.29) is 18.2 Å². The minimum absolute atomic E-state index is 0.0778. The van der Waals surface area contributed by atoms with Crippen molar-refractivity contribution in [3.05, 3.63) is 0 Å². The van der Waals surface area contributed by atoms with Gasteiger partial charge < -0.3 is 15.2 Å². The van der Waals surface area contributed by atoms with E-state index in [2.05, 4.69) is 0 Å². The van der Waals surface area contributed by atoms with Crippen LogP contribution in [0.15, 0.2) is 0 Å². The second-order valence-corrected chi connectivity index (χ2v) is 3.17. The highest BCUT2D eigenvalue weighted by Gasteiger charge is 2.11. The van der Waals surface area contributed by atoms with Crippen LogP contribution in [0.3, 0.4) is 0 Å². The molecule has 3 atom stereocenters. The lowest BCUT2D eigenvalue weighted by molar-refractivity contribution is -0.0457. The molecule has 3 heteroatoms. The van der Waals surface area contributed by atoms with E-state index in [0.29, 0.717) is 6.61 Å². The predicted molar refractivity (Wildman–Crippen MR) is 50.2 cm³/mol. The van der Waals surface area contributed by atoms with Gasteiger partial charge in [0.1, 0.15) is 0 Å². The predicted octanol–water partition coefficient (Wildman–Crippen LogP) is 1.16. The molecule has 0 fully saturated rings. The molecule has 0 saturated carbocycles. The number of ether oxygens (including phenoxy) is 2. The van der Waals surface area contributed by atoms with Crippen molar-refractivity contribution in [1.82, 2.24) is 0 Å². The van der Waals surface area contributed by atoms with Crippen molar-refractivity contribution in [2.45, 2.75) is 45.9 Å². The van der Waals surface area contributed by atoms with Crippen LogP contribution >= 0.6 is 0 Å². The Morgan fingerprint density at radius 3 is 2.25 bits per heavy atom. The highest BCUT2D eigenvalue weighted by Crippen LogP contribution is 2.01. The Labute approximate surface area is 75.2 Å². The van der Waals surface area contributed by atoms with Crippen molar-refractivity contribution in [3.63, 3.8) is 0 Å². The lowest BCUT2D eigenvalue weighted by atomic mass is 10.2. The minimum Gasteiger partial charge on any atom is -0.379 e. The smallest absolute Gasteiger partial charge is 0.0784 e. The summed E-state index contributed by atoms with van der Waals surface area (Å²) in [5.41, 5.74) is 5.65. The summed E-state index contributed by atoms with van der Waals surface area (Å²) in [6.45, 7) is 9.27. The van der Waals surface area contributed by atoms with Gasteiger partial charge in [-0.3, -0.25) is 0 Å². The molecule has 0 rings (SSSR count). The van der Waals surface area contributed by atoms with Crippen molar-refractivity contribution in [1.29, 1.82) is 0 Å². The maximum absolute atomic E-state index is 5.65. The van der Waals surface area contributed by atoms with Crippen molar-refractivity contribution in [3.8, 4) is 0 Å². The second kappa shape index (κ2) is 6.40. The third-order valence-corrected chi connectivity index (χ3v) is 1.74. The van der Waals surface area contributed by atoms with Crippen LogP contribution in [0.1, 0.15) is 27.7 Å². The fourth-order valence-electron chi connectivity index (χ4n) is 0.813. The van der Waals surface area contributed by atoms with E-state index >= 15 is 0 Å². The van der Waals surface area contributed by atoms with Crippen molar-refractivity contribution in [2.24, 2.45) is 5.73 Å². The molecule has 0 aliphatic heterocycles. The van der Waals surface area contributed by atoms with Crippen LogP contribution in [-0.4, -0.2) is 31.5 Å². The molecule has 74 valence electrons. The topological polar surface area (TPSA) is 44.5 Å². The highest BCUT2D eigenvalue weighted by atomic mass is 16.5. The van der Waals surface area contributed by atoms with Crippen molar-refractivity contribution >= 4 is 0 Å². The average Bonchev–Trinajstić information content (AvgIpc) is 2.00. The monoisotopic (exact) mass is 175 g/mol. The standard InChI is InChI=1S/C9H21NO2/c1-5-11-6-7(2)12-9(4)8(3)10/h7-9H,5-6,10H2,1-4H3. The first kappa shape index (κ1) is 11.9. The Kier molecular flexibility index (Phi) is 6.34. The number of hydrogen-bond donors (Lipinski definition) is 1. The largest absolute Gasteiger partial charge is 0.379 e. The second-order valence-electron chi connectivity index (χ2n) is 3.17. The van der Waals surface area contributed by atoms with Gasteiger partial charge in [0.2, 0.25) is 0 Å². The molecule has 0 heterocycles.